The molecule has 3 rings (SSSR count). The summed E-state index contributed by atoms with van der Waals surface area (Å²) in [5.74, 6) is 0.250. The number of thiazole rings is 1. The lowest BCUT2D eigenvalue weighted by Crippen LogP contribution is -2.32. The molecule has 27 heavy (non-hydrogen) atoms. The Labute approximate surface area is 170 Å². The number of nitrogens with zero attached hydrogens (tertiary/aromatic N) is 3. The van der Waals surface area contributed by atoms with Crippen molar-refractivity contribution in [3.05, 3.63) is 44.1 Å². The van der Waals surface area contributed by atoms with E-state index >= 15 is 0 Å². The van der Waals surface area contributed by atoms with Crippen molar-refractivity contribution in [3.63, 3.8) is 0 Å². The molecule has 0 spiro atoms. The molecule has 0 unspecified atom stereocenters. The molecular formula is C18H20N4O2S3. The van der Waals surface area contributed by atoms with Crippen LogP contribution in [-0.2, 0) is 4.79 Å². The van der Waals surface area contributed by atoms with Crippen LogP contribution in [0.3, 0.4) is 0 Å². The highest BCUT2D eigenvalue weighted by atomic mass is 32.2. The third-order valence-electron chi connectivity index (χ3n) is 4.23. The number of fused-ring (bicyclic) bond motifs is 1. The Morgan fingerprint density at radius 2 is 2.04 bits per heavy atom. The lowest BCUT2D eigenvalue weighted by Gasteiger charge is -2.17. The van der Waals surface area contributed by atoms with Gasteiger partial charge in [0.05, 0.1) is 11.4 Å². The number of hydrogen-bond acceptors (Lipinski definition) is 6. The number of aromatic nitrogens is 3. The molecule has 9 heteroatoms. The van der Waals surface area contributed by atoms with E-state index in [1.54, 1.807) is 4.90 Å². The number of aryl methyl sites for hydroxylation is 1. The first-order valence-electron chi connectivity index (χ1n) is 8.58. The maximum Gasteiger partial charge on any atom is 0.271 e. The number of para-hydroxylation sites is 1. The van der Waals surface area contributed by atoms with Gasteiger partial charge in [-0.05, 0) is 44.6 Å². The van der Waals surface area contributed by atoms with Gasteiger partial charge in [0.25, 0.3) is 5.56 Å². The molecule has 2 heterocycles. The fraction of sp³-hybridized carbons (Fsp3) is 0.333. The SMILES string of the molecule is CCN(CC)C(=O)CSc1nc2c(sc(=S)n2-c2ccccc2C)c(=O)[nH]1. The molecule has 1 N–H and O–H groups in total. The normalized spacial score (nSPS) is 11.1. The first-order chi connectivity index (χ1) is 13.0. The Hall–Kier alpha value is -1.97. The zero-order valence-electron chi connectivity index (χ0n) is 15.3. The van der Waals surface area contributed by atoms with Crippen LogP contribution in [0.25, 0.3) is 16.0 Å². The number of thioether (sulfide) groups is 1. The second-order valence-corrected chi connectivity index (χ2v) is 8.48. The molecule has 0 saturated heterocycles. The van der Waals surface area contributed by atoms with Crippen LogP contribution in [0.2, 0.25) is 0 Å². The highest BCUT2D eigenvalue weighted by molar-refractivity contribution is 7.99. The van der Waals surface area contributed by atoms with Crippen LogP contribution in [0.15, 0.2) is 34.2 Å². The second-order valence-electron chi connectivity index (χ2n) is 5.87. The van der Waals surface area contributed by atoms with E-state index in [9.17, 15) is 9.59 Å². The van der Waals surface area contributed by atoms with Crippen LogP contribution >= 0.6 is 35.3 Å². The largest absolute Gasteiger partial charge is 0.343 e. The zero-order chi connectivity index (χ0) is 19.6. The van der Waals surface area contributed by atoms with Gasteiger partial charge < -0.3 is 9.88 Å². The molecule has 1 amide bonds. The summed E-state index contributed by atoms with van der Waals surface area (Å²) in [4.78, 5) is 33.9. The van der Waals surface area contributed by atoms with Gasteiger partial charge >= 0.3 is 0 Å². The molecule has 142 valence electrons. The highest BCUT2D eigenvalue weighted by Gasteiger charge is 2.16. The van der Waals surface area contributed by atoms with Crippen molar-refractivity contribution in [1.29, 1.82) is 0 Å². The summed E-state index contributed by atoms with van der Waals surface area (Å²) in [6.07, 6.45) is 0. The van der Waals surface area contributed by atoms with Crippen molar-refractivity contribution in [1.82, 2.24) is 19.4 Å². The van der Waals surface area contributed by atoms with Crippen LogP contribution in [0.5, 0.6) is 0 Å². The minimum atomic E-state index is -0.235. The Balaban J connectivity index is 2.02. The van der Waals surface area contributed by atoms with Crippen LogP contribution < -0.4 is 5.56 Å². The first kappa shape index (κ1) is 19.8. The van der Waals surface area contributed by atoms with Gasteiger partial charge in [-0.1, -0.05) is 41.3 Å². The predicted octanol–water partition coefficient (Wildman–Crippen LogP) is 3.77. The van der Waals surface area contributed by atoms with Gasteiger partial charge in [-0.2, -0.15) is 0 Å². The van der Waals surface area contributed by atoms with Crippen molar-refractivity contribution in [2.24, 2.45) is 0 Å². The van der Waals surface area contributed by atoms with Gasteiger partial charge in [0.2, 0.25) is 5.91 Å². The highest BCUT2D eigenvalue weighted by Crippen LogP contribution is 2.26. The smallest absolute Gasteiger partial charge is 0.271 e. The maximum atomic E-state index is 12.5. The van der Waals surface area contributed by atoms with E-state index < -0.39 is 0 Å². The van der Waals surface area contributed by atoms with Gasteiger partial charge in [-0.3, -0.25) is 14.2 Å². The molecule has 2 aromatic heterocycles. The number of H-pyrrole nitrogens is 1. The zero-order valence-corrected chi connectivity index (χ0v) is 17.8. The van der Waals surface area contributed by atoms with E-state index in [0.717, 1.165) is 11.3 Å². The number of hydrogen-bond donors (Lipinski definition) is 1. The lowest BCUT2D eigenvalue weighted by atomic mass is 10.2. The van der Waals surface area contributed by atoms with E-state index in [1.807, 2.05) is 49.6 Å². The number of benzene rings is 1. The molecule has 0 aliphatic rings. The van der Waals surface area contributed by atoms with Crippen molar-refractivity contribution < 1.29 is 4.79 Å². The molecular weight excluding hydrogens is 400 g/mol. The summed E-state index contributed by atoms with van der Waals surface area (Å²) in [5.41, 5.74) is 2.24. The number of nitrogens with one attached hydrogen (secondary N) is 1. The summed E-state index contributed by atoms with van der Waals surface area (Å²) in [7, 11) is 0. The first-order valence-corrected chi connectivity index (χ1v) is 10.8. The van der Waals surface area contributed by atoms with Crippen LogP contribution in [0.4, 0.5) is 0 Å². The number of carbonyl (C=O) groups is 1. The van der Waals surface area contributed by atoms with Crippen molar-refractivity contribution in [3.8, 4) is 5.69 Å². The minimum Gasteiger partial charge on any atom is -0.343 e. The Bertz CT molecular complexity index is 1100. The summed E-state index contributed by atoms with van der Waals surface area (Å²) in [5, 5.41) is 0.420. The molecule has 1 aromatic carbocycles. The fourth-order valence-corrected chi connectivity index (χ4v) is 4.80. The van der Waals surface area contributed by atoms with Gasteiger partial charge in [0.1, 0.15) is 4.70 Å². The molecule has 0 radical (unpaired) electrons. The van der Waals surface area contributed by atoms with Crippen LogP contribution in [0.1, 0.15) is 19.4 Å². The van der Waals surface area contributed by atoms with E-state index in [2.05, 4.69) is 9.97 Å². The van der Waals surface area contributed by atoms with E-state index in [-0.39, 0.29) is 17.2 Å². The van der Waals surface area contributed by atoms with E-state index in [0.29, 0.717) is 32.5 Å². The Morgan fingerprint density at radius 1 is 1.33 bits per heavy atom. The molecule has 0 atom stereocenters. The average Bonchev–Trinajstić information content (AvgIpc) is 2.98. The molecule has 0 aliphatic carbocycles. The summed E-state index contributed by atoms with van der Waals surface area (Å²) >= 11 is 7.97. The van der Waals surface area contributed by atoms with Gasteiger partial charge in [0, 0.05) is 13.1 Å². The number of carbonyl (C=O) groups excluding carboxylic acids is 1. The lowest BCUT2D eigenvalue weighted by molar-refractivity contribution is -0.127. The van der Waals surface area contributed by atoms with Crippen molar-refractivity contribution in [2.75, 3.05) is 18.8 Å². The van der Waals surface area contributed by atoms with E-state index in [4.69, 9.17) is 12.2 Å². The maximum absolute atomic E-state index is 12.5. The third-order valence-corrected chi connectivity index (χ3v) is 6.45. The molecule has 6 nitrogen and oxygen atoms in total. The minimum absolute atomic E-state index is 0.0220. The summed E-state index contributed by atoms with van der Waals surface area (Å²) < 4.78 is 2.89. The summed E-state index contributed by atoms with van der Waals surface area (Å²) in [6, 6.07) is 7.83. The fourth-order valence-electron chi connectivity index (χ4n) is 2.79. The van der Waals surface area contributed by atoms with Crippen LogP contribution in [0, 0.1) is 10.9 Å². The third kappa shape index (κ3) is 3.99. The molecule has 0 aliphatic heterocycles. The average molecular weight is 421 g/mol. The number of rotatable bonds is 6. The predicted molar refractivity (Wildman–Crippen MR) is 114 cm³/mol. The van der Waals surface area contributed by atoms with Crippen LogP contribution in [-0.4, -0.2) is 44.2 Å². The van der Waals surface area contributed by atoms with E-state index in [1.165, 1.54) is 23.1 Å². The molecule has 0 fully saturated rings. The standard InChI is InChI=1S/C18H20N4O2S3/c1-4-21(5-2)13(23)10-26-17-19-15-14(16(24)20-17)27-18(25)22(15)12-9-7-6-8-11(12)3/h6-9H,4-5,10H2,1-3H3,(H,19,20,24). The monoisotopic (exact) mass is 420 g/mol. The van der Waals surface area contributed by atoms with Gasteiger partial charge in [0.15, 0.2) is 14.8 Å². The Morgan fingerprint density at radius 3 is 2.70 bits per heavy atom. The second kappa shape index (κ2) is 8.37. The van der Waals surface area contributed by atoms with Crippen molar-refractivity contribution in [2.45, 2.75) is 25.9 Å². The Kier molecular flexibility index (Phi) is 6.13. The van der Waals surface area contributed by atoms with Gasteiger partial charge in [-0.25, -0.2) is 4.98 Å². The molecule has 3 aromatic rings. The van der Waals surface area contributed by atoms with Gasteiger partial charge in [-0.15, -0.1) is 0 Å². The molecule has 0 bridgehead atoms. The quantitative estimate of drug-likeness (QED) is 0.373. The summed E-state index contributed by atoms with van der Waals surface area (Å²) in [6.45, 7) is 7.21. The van der Waals surface area contributed by atoms with Crippen molar-refractivity contribution >= 4 is 51.6 Å². The number of amides is 1. The number of aromatic amines is 1. The molecule has 0 saturated carbocycles. The topological polar surface area (TPSA) is 71.0 Å².